The third-order valence-electron chi connectivity index (χ3n) is 1.27. The van der Waals surface area contributed by atoms with Crippen LogP contribution in [0, 0.1) is 0 Å². The molecule has 0 radical (unpaired) electrons. The van der Waals surface area contributed by atoms with Crippen molar-refractivity contribution in [1.82, 2.24) is 0 Å². The lowest BCUT2D eigenvalue weighted by atomic mass is 10.2. The van der Waals surface area contributed by atoms with E-state index >= 15 is 0 Å². The zero-order chi connectivity index (χ0) is 11.0. The van der Waals surface area contributed by atoms with Crippen LogP contribution in [0.25, 0.3) is 0 Å². The first-order valence-corrected chi connectivity index (χ1v) is 3.62. The lowest BCUT2D eigenvalue weighted by Gasteiger charge is -1.92. The van der Waals surface area contributed by atoms with E-state index in [1.807, 2.05) is 0 Å². The van der Waals surface area contributed by atoms with Crippen molar-refractivity contribution >= 4 is 11.9 Å². The number of nitrogens with two attached hydrogens (primary N) is 1. The van der Waals surface area contributed by atoms with Crippen molar-refractivity contribution in [1.29, 1.82) is 0 Å². The molecular weight excluding hydrogens is 170 g/mol. The summed E-state index contributed by atoms with van der Waals surface area (Å²) in [7, 11) is 0. The van der Waals surface area contributed by atoms with Gasteiger partial charge in [-0.1, -0.05) is 12.2 Å². The first kappa shape index (κ1) is 14.0. The fourth-order valence-electron chi connectivity index (χ4n) is 0.214. The minimum Gasteiger partial charge on any atom is -0.478 e. The quantitative estimate of drug-likeness (QED) is 0.632. The molecule has 0 aliphatic carbocycles. The summed E-state index contributed by atoms with van der Waals surface area (Å²) in [6, 6.07) is 0. The summed E-state index contributed by atoms with van der Waals surface area (Å²) in [4.78, 5) is 19.6. The number of amides is 1. The average molecular weight is 185 g/mol. The molecular formula is C9H15NO3. The average Bonchev–Trinajstić information content (AvgIpc) is 2.03. The van der Waals surface area contributed by atoms with Crippen LogP contribution in [0.3, 0.4) is 0 Å². The predicted molar refractivity (Wildman–Crippen MR) is 51.1 cm³/mol. The molecule has 0 atom stereocenters. The number of primary amides is 1. The maximum Gasteiger partial charge on any atom is 0.331 e. The SMILES string of the molecule is C=CC(N)=O.CC(C)=C(C)C(=O)O. The van der Waals surface area contributed by atoms with E-state index in [2.05, 4.69) is 12.3 Å². The predicted octanol–water partition coefficient (Wildman–Crippen LogP) is 1.08. The summed E-state index contributed by atoms with van der Waals surface area (Å²) >= 11 is 0. The Bertz CT molecular complexity index is 237. The number of carbonyl (C=O) groups excluding carboxylic acids is 1. The van der Waals surface area contributed by atoms with Gasteiger partial charge in [0.05, 0.1) is 0 Å². The summed E-state index contributed by atoms with van der Waals surface area (Å²) in [5.74, 6) is -1.31. The highest BCUT2D eigenvalue weighted by molar-refractivity contribution is 5.86. The van der Waals surface area contributed by atoms with Gasteiger partial charge in [0, 0.05) is 5.57 Å². The first-order valence-electron chi connectivity index (χ1n) is 3.62. The van der Waals surface area contributed by atoms with Crippen molar-refractivity contribution in [3.8, 4) is 0 Å². The van der Waals surface area contributed by atoms with Crippen molar-refractivity contribution < 1.29 is 14.7 Å². The number of carboxylic acids is 1. The first-order chi connectivity index (χ1) is 5.82. The maximum atomic E-state index is 10.1. The van der Waals surface area contributed by atoms with Gasteiger partial charge in [-0.05, 0) is 26.8 Å². The van der Waals surface area contributed by atoms with Crippen molar-refractivity contribution in [2.24, 2.45) is 5.73 Å². The van der Waals surface area contributed by atoms with E-state index in [-0.39, 0.29) is 0 Å². The second-order valence-corrected chi connectivity index (χ2v) is 2.54. The highest BCUT2D eigenvalue weighted by Crippen LogP contribution is 1.99. The molecule has 13 heavy (non-hydrogen) atoms. The van der Waals surface area contributed by atoms with Gasteiger partial charge in [-0.3, -0.25) is 4.79 Å². The van der Waals surface area contributed by atoms with E-state index in [4.69, 9.17) is 5.11 Å². The molecule has 0 rings (SSSR count). The Labute approximate surface area is 77.7 Å². The summed E-state index contributed by atoms with van der Waals surface area (Å²) in [5.41, 5.74) is 5.83. The second kappa shape index (κ2) is 7.09. The van der Waals surface area contributed by atoms with Crippen LogP contribution >= 0.6 is 0 Å². The van der Waals surface area contributed by atoms with E-state index in [0.717, 1.165) is 11.6 Å². The summed E-state index contributed by atoms with van der Waals surface area (Å²) < 4.78 is 0. The zero-order valence-electron chi connectivity index (χ0n) is 8.13. The van der Waals surface area contributed by atoms with Gasteiger partial charge in [0.15, 0.2) is 0 Å². The Hall–Kier alpha value is -1.58. The molecule has 0 aliphatic heterocycles. The summed E-state index contributed by atoms with van der Waals surface area (Å²) in [6.45, 7) is 8.24. The number of aliphatic carboxylic acids is 1. The van der Waals surface area contributed by atoms with Crippen molar-refractivity contribution in [3.63, 3.8) is 0 Å². The topological polar surface area (TPSA) is 80.4 Å². The second-order valence-electron chi connectivity index (χ2n) is 2.54. The molecule has 0 saturated carbocycles. The Morgan fingerprint density at radius 1 is 1.31 bits per heavy atom. The number of allylic oxidation sites excluding steroid dienone is 1. The molecule has 0 saturated heterocycles. The van der Waals surface area contributed by atoms with Gasteiger partial charge in [-0.2, -0.15) is 0 Å². The van der Waals surface area contributed by atoms with Crippen molar-refractivity contribution in [2.75, 3.05) is 0 Å². The molecule has 74 valence electrons. The van der Waals surface area contributed by atoms with Crippen LogP contribution in [-0.2, 0) is 9.59 Å². The molecule has 0 fully saturated rings. The van der Waals surface area contributed by atoms with Crippen molar-refractivity contribution in [3.05, 3.63) is 23.8 Å². The molecule has 0 aromatic carbocycles. The fourth-order valence-corrected chi connectivity index (χ4v) is 0.214. The Morgan fingerprint density at radius 2 is 1.62 bits per heavy atom. The normalized spacial score (nSPS) is 7.62. The third-order valence-corrected chi connectivity index (χ3v) is 1.27. The van der Waals surface area contributed by atoms with Gasteiger partial charge >= 0.3 is 5.97 Å². The fraction of sp³-hybridized carbons (Fsp3) is 0.333. The molecule has 0 heterocycles. The molecule has 1 amide bonds. The summed E-state index contributed by atoms with van der Waals surface area (Å²) in [6.07, 6.45) is 1.06. The van der Waals surface area contributed by atoms with Gasteiger partial charge in [0.25, 0.3) is 0 Å². The lowest BCUT2D eigenvalue weighted by molar-refractivity contribution is -0.132. The Balaban J connectivity index is 0. The number of rotatable bonds is 2. The monoisotopic (exact) mass is 185 g/mol. The molecule has 0 aliphatic rings. The molecule has 4 nitrogen and oxygen atoms in total. The number of hydrogen-bond acceptors (Lipinski definition) is 2. The molecule has 0 bridgehead atoms. The molecule has 0 aromatic rings. The van der Waals surface area contributed by atoms with E-state index in [0.29, 0.717) is 5.57 Å². The molecule has 3 N–H and O–H groups in total. The highest BCUT2D eigenvalue weighted by atomic mass is 16.4. The van der Waals surface area contributed by atoms with Crippen LogP contribution in [0.2, 0.25) is 0 Å². The number of hydrogen-bond donors (Lipinski definition) is 2. The van der Waals surface area contributed by atoms with Crippen LogP contribution in [0.4, 0.5) is 0 Å². The van der Waals surface area contributed by atoms with E-state index in [1.165, 1.54) is 0 Å². The van der Waals surface area contributed by atoms with Gasteiger partial charge < -0.3 is 10.8 Å². The van der Waals surface area contributed by atoms with Crippen LogP contribution in [0.5, 0.6) is 0 Å². The smallest absolute Gasteiger partial charge is 0.331 e. The number of carboxylic acid groups (broad SMARTS) is 1. The minimum absolute atomic E-state index is 0.435. The Morgan fingerprint density at radius 3 is 1.62 bits per heavy atom. The summed E-state index contributed by atoms with van der Waals surface area (Å²) in [5, 5.41) is 8.29. The minimum atomic E-state index is -0.829. The Kier molecular flexibility index (Phi) is 7.62. The van der Waals surface area contributed by atoms with Gasteiger partial charge in [0.1, 0.15) is 0 Å². The van der Waals surface area contributed by atoms with Crippen LogP contribution in [0.1, 0.15) is 20.8 Å². The van der Waals surface area contributed by atoms with Crippen molar-refractivity contribution in [2.45, 2.75) is 20.8 Å². The van der Waals surface area contributed by atoms with Crippen LogP contribution in [0.15, 0.2) is 23.8 Å². The van der Waals surface area contributed by atoms with Crippen LogP contribution in [-0.4, -0.2) is 17.0 Å². The maximum absolute atomic E-state index is 10.1. The third kappa shape index (κ3) is 10.4. The van der Waals surface area contributed by atoms with Gasteiger partial charge in [-0.15, -0.1) is 0 Å². The van der Waals surface area contributed by atoms with Crippen LogP contribution < -0.4 is 5.73 Å². The molecule has 4 heteroatoms. The molecule has 0 spiro atoms. The molecule has 0 aromatic heterocycles. The van der Waals surface area contributed by atoms with Gasteiger partial charge in [-0.25, -0.2) is 4.79 Å². The zero-order valence-corrected chi connectivity index (χ0v) is 8.13. The number of carbonyl (C=O) groups is 2. The van der Waals surface area contributed by atoms with E-state index in [1.54, 1.807) is 20.8 Å². The van der Waals surface area contributed by atoms with E-state index in [9.17, 15) is 9.59 Å². The van der Waals surface area contributed by atoms with Gasteiger partial charge in [0.2, 0.25) is 5.91 Å². The largest absolute Gasteiger partial charge is 0.478 e. The molecule has 0 unspecified atom stereocenters. The lowest BCUT2D eigenvalue weighted by Crippen LogP contribution is -2.04. The van der Waals surface area contributed by atoms with E-state index < -0.39 is 11.9 Å². The standard InChI is InChI=1S/C6H10O2.C3H5NO/c1-4(2)5(3)6(7)8;1-2-3(4)5/h1-3H3,(H,7,8);2H,1H2,(H2,4,5). The highest BCUT2D eigenvalue weighted by Gasteiger charge is 1.98.